The van der Waals surface area contributed by atoms with Crippen molar-refractivity contribution in [3.8, 4) is 0 Å². The molecule has 0 aromatic carbocycles. The number of fused-ring (bicyclic) bond motifs is 2. The van der Waals surface area contributed by atoms with Crippen LogP contribution in [-0.4, -0.2) is 47.3 Å². The van der Waals surface area contributed by atoms with E-state index in [1.165, 1.54) is 44.9 Å². The average molecular weight is 238 g/mol. The average Bonchev–Trinajstić information content (AvgIpc) is 2.66. The van der Waals surface area contributed by atoms with Gasteiger partial charge in [-0.15, -0.1) is 0 Å². The first-order chi connectivity index (χ1) is 8.24. The molecule has 4 atom stereocenters. The van der Waals surface area contributed by atoms with E-state index in [0.717, 1.165) is 18.5 Å². The minimum absolute atomic E-state index is 0.0884. The third kappa shape index (κ3) is 2.38. The molecule has 3 heteroatoms. The fourth-order valence-corrected chi connectivity index (χ4v) is 4.19. The van der Waals surface area contributed by atoms with Gasteiger partial charge in [-0.2, -0.15) is 0 Å². The third-order valence-corrected chi connectivity index (χ3v) is 5.27. The molecule has 0 aromatic rings. The van der Waals surface area contributed by atoms with Crippen LogP contribution in [-0.2, 0) is 0 Å². The standard InChI is InChI=1S/C14H26N2O/c1-16-11-4-2-5-12(16)9-10(8-11)15-13-6-3-7-14(13)17/h10-15,17H,2-9H2,1H3/t10?,11?,12?,13-,14-/m0/s1. The molecule has 0 spiro atoms. The lowest BCUT2D eigenvalue weighted by molar-refractivity contribution is 0.0394. The number of aliphatic hydroxyl groups is 1. The molecule has 1 aliphatic carbocycles. The summed E-state index contributed by atoms with van der Waals surface area (Å²) in [6.07, 6.45) is 10.0. The van der Waals surface area contributed by atoms with Crippen LogP contribution in [0.1, 0.15) is 51.4 Å². The van der Waals surface area contributed by atoms with Crippen molar-refractivity contribution in [1.82, 2.24) is 10.2 Å². The lowest BCUT2D eigenvalue weighted by atomic mass is 9.82. The van der Waals surface area contributed by atoms with E-state index >= 15 is 0 Å². The normalized spacial score (nSPS) is 47.3. The van der Waals surface area contributed by atoms with E-state index in [2.05, 4.69) is 17.3 Å². The quantitative estimate of drug-likeness (QED) is 0.765. The zero-order valence-corrected chi connectivity index (χ0v) is 10.9. The molecule has 0 radical (unpaired) electrons. The van der Waals surface area contributed by atoms with Crippen molar-refractivity contribution in [1.29, 1.82) is 0 Å². The van der Waals surface area contributed by atoms with Crippen molar-refractivity contribution in [2.45, 2.75) is 81.6 Å². The predicted molar refractivity (Wildman–Crippen MR) is 69.0 cm³/mol. The van der Waals surface area contributed by atoms with Crippen LogP contribution < -0.4 is 5.32 Å². The molecule has 2 heterocycles. The van der Waals surface area contributed by atoms with Crippen molar-refractivity contribution in [3.05, 3.63) is 0 Å². The highest BCUT2D eigenvalue weighted by Gasteiger charge is 2.37. The lowest BCUT2D eigenvalue weighted by Crippen LogP contribution is -2.56. The van der Waals surface area contributed by atoms with Gasteiger partial charge in [-0.3, -0.25) is 0 Å². The third-order valence-electron chi connectivity index (χ3n) is 5.27. The van der Waals surface area contributed by atoms with Crippen LogP contribution in [0.25, 0.3) is 0 Å². The highest BCUT2D eigenvalue weighted by molar-refractivity contribution is 4.96. The van der Waals surface area contributed by atoms with Crippen LogP contribution in [0.2, 0.25) is 0 Å². The molecule has 2 N–H and O–H groups in total. The summed E-state index contributed by atoms with van der Waals surface area (Å²) in [6.45, 7) is 0. The maximum Gasteiger partial charge on any atom is 0.0693 e. The minimum atomic E-state index is -0.0884. The maximum atomic E-state index is 9.90. The molecule has 98 valence electrons. The Hall–Kier alpha value is -0.120. The van der Waals surface area contributed by atoms with Gasteiger partial charge in [0.25, 0.3) is 0 Å². The van der Waals surface area contributed by atoms with Gasteiger partial charge in [0.05, 0.1) is 6.10 Å². The van der Waals surface area contributed by atoms with E-state index in [-0.39, 0.29) is 6.10 Å². The van der Waals surface area contributed by atoms with Crippen LogP contribution in [0.4, 0.5) is 0 Å². The Morgan fingerprint density at radius 2 is 1.65 bits per heavy atom. The zero-order chi connectivity index (χ0) is 11.8. The number of nitrogens with one attached hydrogen (secondary N) is 1. The second kappa shape index (κ2) is 4.87. The topological polar surface area (TPSA) is 35.5 Å². The molecule has 2 bridgehead atoms. The predicted octanol–water partition coefficient (Wildman–Crippen LogP) is 1.50. The van der Waals surface area contributed by atoms with Crippen LogP contribution >= 0.6 is 0 Å². The molecule has 0 amide bonds. The van der Waals surface area contributed by atoms with Crippen LogP contribution in [0.15, 0.2) is 0 Å². The first kappa shape index (κ1) is 11.9. The first-order valence-corrected chi connectivity index (χ1v) is 7.40. The first-order valence-electron chi connectivity index (χ1n) is 7.40. The second-order valence-corrected chi connectivity index (χ2v) is 6.34. The Morgan fingerprint density at radius 1 is 1.00 bits per heavy atom. The fourth-order valence-electron chi connectivity index (χ4n) is 4.19. The summed E-state index contributed by atoms with van der Waals surface area (Å²) >= 11 is 0. The summed E-state index contributed by atoms with van der Waals surface area (Å²) in [5.74, 6) is 0. The Bertz CT molecular complexity index is 257. The highest BCUT2D eigenvalue weighted by Crippen LogP contribution is 2.33. The van der Waals surface area contributed by atoms with Gasteiger partial charge >= 0.3 is 0 Å². The van der Waals surface area contributed by atoms with Gasteiger partial charge in [0, 0.05) is 24.2 Å². The molecular formula is C14H26N2O. The minimum Gasteiger partial charge on any atom is -0.392 e. The Kier molecular flexibility index (Phi) is 3.42. The molecule has 17 heavy (non-hydrogen) atoms. The number of aliphatic hydroxyl groups excluding tert-OH is 1. The molecule has 3 nitrogen and oxygen atoms in total. The summed E-state index contributed by atoms with van der Waals surface area (Å²) < 4.78 is 0. The van der Waals surface area contributed by atoms with Gasteiger partial charge in [0.2, 0.25) is 0 Å². The molecular weight excluding hydrogens is 212 g/mol. The van der Waals surface area contributed by atoms with Crippen molar-refractivity contribution < 1.29 is 5.11 Å². The van der Waals surface area contributed by atoms with Crippen LogP contribution in [0.3, 0.4) is 0 Å². The van der Waals surface area contributed by atoms with E-state index in [9.17, 15) is 5.11 Å². The summed E-state index contributed by atoms with van der Waals surface area (Å²) in [4.78, 5) is 2.60. The van der Waals surface area contributed by atoms with E-state index in [0.29, 0.717) is 12.1 Å². The van der Waals surface area contributed by atoms with Crippen LogP contribution in [0.5, 0.6) is 0 Å². The molecule has 3 fully saturated rings. The van der Waals surface area contributed by atoms with Crippen molar-refractivity contribution in [2.75, 3.05) is 7.05 Å². The summed E-state index contributed by atoms with van der Waals surface area (Å²) in [7, 11) is 2.30. The van der Waals surface area contributed by atoms with Gasteiger partial charge in [-0.25, -0.2) is 0 Å². The fraction of sp³-hybridized carbons (Fsp3) is 1.00. The van der Waals surface area contributed by atoms with Gasteiger partial charge in [-0.05, 0) is 52.0 Å². The van der Waals surface area contributed by atoms with E-state index in [4.69, 9.17) is 0 Å². The summed E-state index contributed by atoms with van der Waals surface area (Å²) in [5, 5.41) is 13.6. The molecule has 1 saturated carbocycles. The van der Waals surface area contributed by atoms with Gasteiger partial charge in [0.15, 0.2) is 0 Å². The van der Waals surface area contributed by atoms with Crippen molar-refractivity contribution >= 4 is 0 Å². The molecule has 2 saturated heterocycles. The molecule has 3 rings (SSSR count). The van der Waals surface area contributed by atoms with Crippen molar-refractivity contribution in [3.63, 3.8) is 0 Å². The molecule has 2 unspecified atom stereocenters. The van der Waals surface area contributed by atoms with E-state index in [1.807, 2.05) is 0 Å². The SMILES string of the molecule is CN1C2CCCC1CC(N[C@H]1CCC[C@@H]1O)C2. The lowest BCUT2D eigenvalue weighted by Gasteiger charge is -2.48. The molecule has 2 aliphatic heterocycles. The monoisotopic (exact) mass is 238 g/mol. The Labute approximate surface area is 105 Å². The summed E-state index contributed by atoms with van der Waals surface area (Å²) in [5.41, 5.74) is 0. The largest absolute Gasteiger partial charge is 0.392 e. The summed E-state index contributed by atoms with van der Waals surface area (Å²) in [6, 6.07) is 2.61. The van der Waals surface area contributed by atoms with Gasteiger partial charge in [0.1, 0.15) is 0 Å². The maximum absolute atomic E-state index is 9.90. The highest BCUT2D eigenvalue weighted by atomic mass is 16.3. The number of piperidine rings is 2. The van der Waals surface area contributed by atoms with Gasteiger partial charge in [-0.1, -0.05) is 6.42 Å². The van der Waals surface area contributed by atoms with E-state index in [1.54, 1.807) is 0 Å². The molecule has 3 aliphatic rings. The van der Waals surface area contributed by atoms with Crippen molar-refractivity contribution in [2.24, 2.45) is 0 Å². The Morgan fingerprint density at radius 3 is 2.24 bits per heavy atom. The number of nitrogens with zero attached hydrogens (tertiary/aromatic N) is 1. The Balaban J connectivity index is 1.58. The van der Waals surface area contributed by atoms with Crippen LogP contribution in [0, 0.1) is 0 Å². The van der Waals surface area contributed by atoms with E-state index < -0.39 is 0 Å². The zero-order valence-electron chi connectivity index (χ0n) is 10.9. The second-order valence-electron chi connectivity index (χ2n) is 6.34. The smallest absolute Gasteiger partial charge is 0.0693 e. The molecule has 0 aromatic heterocycles. The van der Waals surface area contributed by atoms with Gasteiger partial charge < -0.3 is 15.3 Å². The number of hydrogen-bond acceptors (Lipinski definition) is 3. The number of rotatable bonds is 2. The number of hydrogen-bond donors (Lipinski definition) is 2.